The Morgan fingerprint density at radius 3 is 2.89 bits per heavy atom. The molecular formula is C14H16BrNO2. The molecule has 0 aliphatic carbocycles. The number of hydrogen-bond donors (Lipinski definition) is 1. The summed E-state index contributed by atoms with van der Waals surface area (Å²) in [7, 11) is 1.68. The minimum absolute atomic E-state index is 0.170. The van der Waals surface area contributed by atoms with Crippen LogP contribution in [-0.4, -0.2) is 7.11 Å². The lowest BCUT2D eigenvalue weighted by Gasteiger charge is -2.14. The van der Waals surface area contributed by atoms with E-state index in [1.807, 2.05) is 24.3 Å². The molecule has 0 radical (unpaired) electrons. The summed E-state index contributed by atoms with van der Waals surface area (Å²) in [6.45, 7) is 2.80. The summed E-state index contributed by atoms with van der Waals surface area (Å²) in [5, 5.41) is 3.41. The molecule has 0 aliphatic rings. The van der Waals surface area contributed by atoms with Crippen molar-refractivity contribution in [3.63, 3.8) is 0 Å². The van der Waals surface area contributed by atoms with Crippen LogP contribution in [0.5, 0.6) is 5.75 Å². The van der Waals surface area contributed by atoms with E-state index in [0.717, 1.165) is 28.1 Å². The van der Waals surface area contributed by atoms with Crippen molar-refractivity contribution in [2.24, 2.45) is 0 Å². The van der Waals surface area contributed by atoms with Crippen LogP contribution in [0.4, 0.5) is 0 Å². The Kier molecular flexibility index (Phi) is 4.44. The van der Waals surface area contributed by atoms with E-state index in [1.165, 1.54) is 0 Å². The zero-order chi connectivity index (χ0) is 13.0. The normalized spacial score (nSPS) is 12.4. The van der Waals surface area contributed by atoms with Gasteiger partial charge in [-0.1, -0.05) is 15.9 Å². The van der Waals surface area contributed by atoms with Crippen LogP contribution >= 0.6 is 15.9 Å². The van der Waals surface area contributed by atoms with Crippen LogP contribution in [-0.2, 0) is 6.54 Å². The van der Waals surface area contributed by atoms with E-state index in [4.69, 9.17) is 9.15 Å². The highest BCUT2D eigenvalue weighted by molar-refractivity contribution is 9.10. The Bertz CT molecular complexity index is 497. The molecule has 0 bridgehead atoms. The molecule has 96 valence electrons. The number of methoxy groups -OCH3 is 1. The summed E-state index contributed by atoms with van der Waals surface area (Å²) >= 11 is 3.47. The molecule has 2 aromatic rings. The standard InChI is InChI=1S/C14H16BrNO2/c1-10(13-4-3-7-18-13)16-9-11-8-12(15)5-6-14(11)17-2/h3-8,10,16H,9H2,1-2H3/t10-/m1/s1. The van der Waals surface area contributed by atoms with E-state index in [0.29, 0.717) is 0 Å². The SMILES string of the molecule is COc1ccc(Br)cc1CN[C@H](C)c1ccco1. The highest BCUT2D eigenvalue weighted by Gasteiger charge is 2.09. The van der Waals surface area contributed by atoms with Gasteiger partial charge in [0, 0.05) is 16.6 Å². The van der Waals surface area contributed by atoms with E-state index in [9.17, 15) is 0 Å². The molecule has 1 aromatic carbocycles. The summed E-state index contributed by atoms with van der Waals surface area (Å²) < 4.78 is 11.7. The largest absolute Gasteiger partial charge is 0.496 e. The van der Waals surface area contributed by atoms with Crippen LogP contribution in [0.3, 0.4) is 0 Å². The lowest BCUT2D eigenvalue weighted by Crippen LogP contribution is -2.18. The van der Waals surface area contributed by atoms with E-state index >= 15 is 0 Å². The van der Waals surface area contributed by atoms with Gasteiger partial charge in [-0.15, -0.1) is 0 Å². The maximum absolute atomic E-state index is 5.36. The molecule has 1 atom stereocenters. The van der Waals surface area contributed by atoms with Crippen LogP contribution in [0, 0.1) is 0 Å². The average Bonchev–Trinajstić information content (AvgIpc) is 2.90. The fraction of sp³-hybridized carbons (Fsp3) is 0.286. The predicted molar refractivity (Wildman–Crippen MR) is 74.7 cm³/mol. The smallest absolute Gasteiger partial charge is 0.123 e. The molecule has 0 spiro atoms. The van der Waals surface area contributed by atoms with E-state index in [2.05, 4.69) is 34.2 Å². The lowest BCUT2D eigenvalue weighted by molar-refractivity contribution is 0.399. The Morgan fingerprint density at radius 1 is 1.39 bits per heavy atom. The van der Waals surface area contributed by atoms with E-state index in [1.54, 1.807) is 13.4 Å². The Hall–Kier alpha value is -1.26. The van der Waals surface area contributed by atoms with Crippen LogP contribution in [0.25, 0.3) is 0 Å². The Balaban J connectivity index is 2.03. The fourth-order valence-electron chi connectivity index (χ4n) is 1.79. The molecular weight excluding hydrogens is 294 g/mol. The topological polar surface area (TPSA) is 34.4 Å². The second kappa shape index (κ2) is 6.07. The number of benzene rings is 1. The maximum atomic E-state index is 5.36. The van der Waals surface area contributed by atoms with Crippen molar-refractivity contribution in [3.05, 3.63) is 52.4 Å². The number of halogens is 1. The maximum Gasteiger partial charge on any atom is 0.123 e. The Labute approximate surface area is 115 Å². The van der Waals surface area contributed by atoms with Gasteiger partial charge in [-0.2, -0.15) is 0 Å². The summed E-state index contributed by atoms with van der Waals surface area (Å²) in [6, 6.07) is 10.0. The van der Waals surface area contributed by atoms with Gasteiger partial charge in [0.2, 0.25) is 0 Å². The van der Waals surface area contributed by atoms with Gasteiger partial charge in [0.1, 0.15) is 11.5 Å². The van der Waals surface area contributed by atoms with Crippen LogP contribution in [0.15, 0.2) is 45.5 Å². The first kappa shape index (κ1) is 13.2. The minimum Gasteiger partial charge on any atom is -0.496 e. The highest BCUT2D eigenvalue weighted by atomic mass is 79.9. The van der Waals surface area contributed by atoms with Crippen LogP contribution in [0.1, 0.15) is 24.3 Å². The quantitative estimate of drug-likeness (QED) is 0.909. The molecule has 0 saturated heterocycles. The number of ether oxygens (including phenoxy) is 1. The molecule has 4 heteroatoms. The van der Waals surface area contributed by atoms with Crippen molar-refractivity contribution in [2.45, 2.75) is 19.5 Å². The van der Waals surface area contributed by atoms with Gasteiger partial charge in [0.05, 0.1) is 19.4 Å². The third-order valence-electron chi connectivity index (χ3n) is 2.81. The number of furan rings is 1. The second-order valence-electron chi connectivity index (χ2n) is 4.07. The van der Waals surface area contributed by atoms with Gasteiger partial charge in [-0.25, -0.2) is 0 Å². The van der Waals surface area contributed by atoms with Crippen molar-refractivity contribution < 1.29 is 9.15 Å². The summed E-state index contributed by atoms with van der Waals surface area (Å²) in [5.41, 5.74) is 1.12. The molecule has 3 nitrogen and oxygen atoms in total. The third-order valence-corrected chi connectivity index (χ3v) is 3.30. The van der Waals surface area contributed by atoms with E-state index in [-0.39, 0.29) is 6.04 Å². The highest BCUT2D eigenvalue weighted by Crippen LogP contribution is 2.23. The predicted octanol–water partition coefficient (Wildman–Crippen LogP) is 3.90. The molecule has 18 heavy (non-hydrogen) atoms. The second-order valence-corrected chi connectivity index (χ2v) is 4.99. The average molecular weight is 310 g/mol. The molecule has 2 rings (SSSR count). The first-order chi connectivity index (χ1) is 8.70. The number of nitrogens with one attached hydrogen (secondary N) is 1. The molecule has 0 amide bonds. The molecule has 0 fully saturated rings. The number of hydrogen-bond acceptors (Lipinski definition) is 3. The zero-order valence-electron chi connectivity index (χ0n) is 10.4. The zero-order valence-corrected chi connectivity index (χ0v) is 12.0. The van der Waals surface area contributed by atoms with Crippen LogP contribution in [0.2, 0.25) is 0 Å². The first-order valence-corrected chi connectivity index (χ1v) is 6.59. The first-order valence-electron chi connectivity index (χ1n) is 5.80. The molecule has 1 heterocycles. The molecule has 1 N–H and O–H groups in total. The minimum atomic E-state index is 0.170. The Morgan fingerprint density at radius 2 is 2.22 bits per heavy atom. The van der Waals surface area contributed by atoms with Gasteiger partial charge in [0.15, 0.2) is 0 Å². The van der Waals surface area contributed by atoms with Gasteiger partial charge >= 0.3 is 0 Å². The van der Waals surface area contributed by atoms with Crippen molar-refractivity contribution in [2.75, 3.05) is 7.11 Å². The van der Waals surface area contributed by atoms with Crippen molar-refractivity contribution in [1.82, 2.24) is 5.32 Å². The van der Waals surface area contributed by atoms with Crippen molar-refractivity contribution in [3.8, 4) is 5.75 Å². The van der Waals surface area contributed by atoms with Gasteiger partial charge < -0.3 is 14.5 Å². The third kappa shape index (κ3) is 3.15. The molecule has 0 aliphatic heterocycles. The van der Waals surface area contributed by atoms with Gasteiger partial charge in [-0.05, 0) is 37.3 Å². The van der Waals surface area contributed by atoms with Gasteiger partial charge in [0.25, 0.3) is 0 Å². The van der Waals surface area contributed by atoms with Crippen molar-refractivity contribution >= 4 is 15.9 Å². The molecule has 1 aromatic heterocycles. The van der Waals surface area contributed by atoms with Gasteiger partial charge in [-0.3, -0.25) is 0 Å². The molecule has 0 saturated carbocycles. The monoisotopic (exact) mass is 309 g/mol. The lowest BCUT2D eigenvalue weighted by atomic mass is 10.2. The van der Waals surface area contributed by atoms with E-state index < -0.39 is 0 Å². The number of rotatable bonds is 5. The molecule has 0 unspecified atom stereocenters. The summed E-state index contributed by atoms with van der Waals surface area (Å²) in [6.07, 6.45) is 1.69. The summed E-state index contributed by atoms with van der Waals surface area (Å²) in [4.78, 5) is 0. The van der Waals surface area contributed by atoms with Crippen molar-refractivity contribution in [1.29, 1.82) is 0 Å². The fourth-order valence-corrected chi connectivity index (χ4v) is 2.20. The summed E-state index contributed by atoms with van der Waals surface area (Å²) in [5.74, 6) is 1.82. The van der Waals surface area contributed by atoms with Crippen LogP contribution < -0.4 is 10.1 Å².